The van der Waals surface area contributed by atoms with Gasteiger partial charge in [0, 0.05) is 6.20 Å². The van der Waals surface area contributed by atoms with Crippen molar-refractivity contribution in [2.75, 3.05) is 5.32 Å². The highest BCUT2D eigenvalue weighted by atomic mass is 32.2. The molecule has 0 saturated carbocycles. The molecule has 0 amide bonds. The van der Waals surface area contributed by atoms with Crippen LogP contribution in [-0.4, -0.2) is 35.2 Å². The van der Waals surface area contributed by atoms with Crippen LogP contribution in [0.15, 0.2) is 66.6 Å². The van der Waals surface area contributed by atoms with Crippen LogP contribution < -0.4 is 10.9 Å². The molecular weight excluding hydrogens is 446 g/mol. The van der Waals surface area contributed by atoms with E-state index in [4.69, 9.17) is 0 Å². The first-order valence-corrected chi connectivity index (χ1v) is 11.6. The molecule has 4 aromatic rings. The van der Waals surface area contributed by atoms with Crippen molar-refractivity contribution in [3.05, 3.63) is 68.2 Å². The first-order valence-electron chi connectivity index (χ1n) is 8.45. The second kappa shape index (κ2) is 6.86. The zero-order chi connectivity index (χ0) is 20.9. The molecule has 0 radical (unpaired) electrons. The van der Waals surface area contributed by atoms with Crippen LogP contribution in [0.1, 0.15) is 10.4 Å². The molecule has 1 aliphatic rings. The van der Waals surface area contributed by atoms with E-state index in [2.05, 4.69) is 19.8 Å². The van der Waals surface area contributed by atoms with E-state index in [9.17, 15) is 18.3 Å². The van der Waals surface area contributed by atoms with Crippen molar-refractivity contribution in [2.24, 2.45) is 9.50 Å². The highest BCUT2D eigenvalue weighted by Gasteiger charge is 2.30. The molecule has 12 heteroatoms. The molecule has 5 rings (SSSR count). The normalized spacial score (nSPS) is 15.1. The molecule has 0 aliphatic carbocycles. The van der Waals surface area contributed by atoms with Gasteiger partial charge in [-0.25, -0.2) is 0 Å². The Kier molecular flexibility index (Phi) is 4.27. The SMILES string of the molecule is O=c1c(C2=NS(=O)(=O)c3ccccc3N2)c(O)c2sccc2n1N=Cc1cncs1. The van der Waals surface area contributed by atoms with Crippen LogP contribution in [0.5, 0.6) is 5.75 Å². The van der Waals surface area contributed by atoms with Crippen LogP contribution in [0.3, 0.4) is 0 Å². The molecule has 1 aliphatic heterocycles. The van der Waals surface area contributed by atoms with Crippen molar-refractivity contribution >= 4 is 60.7 Å². The van der Waals surface area contributed by atoms with E-state index in [1.807, 2.05) is 0 Å². The molecule has 2 N–H and O–H groups in total. The van der Waals surface area contributed by atoms with E-state index in [-0.39, 0.29) is 27.7 Å². The first kappa shape index (κ1) is 18.7. The molecule has 9 nitrogen and oxygen atoms in total. The second-order valence-corrected chi connectivity index (χ2v) is 9.57. The molecule has 30 heavy (non-hydrogen) atoms. The summed E-state index contributed by atoms with van der Waals surface area (Å²) in [6.07, 6.45) is 3.07. The molecule has 0 spiro atoms. The maximum Gasteiger partial charge on any atom is 0.286 e. The Labute approximate surface area is 177 Å². The Morgan fingerprint density at radius 1 is 1.20 bits per heavy atom. The number of amidine groups is 1. The fraction of sp³-hybridized carbons (Fsp3) is 0. The summed E-state index contributed by atoms with van der Waals surface area (Å²) < 4.78 is 30.4. The maximum atomic E-state index is 13.2. The van der Waals surface area contributed by atoms with Crippen LogP contribution >= 0.6 is 22.7 Å². The van der Waals surface area contributed by atoms with Gasteiger partial charge in [-0.1, -0.05) is 12.1 Å². The van der Waals surface area contributed by atoms with E-state index < -0.39 is 15.6 Å². The van der Waals surface area contributed by atoms with Crippen molar-refractivity contribution in [2.45, 2.75) is 4.90 Å². The number of fused-ring (bicyclic) bond motifs is 2. The molecule has 4 heterocycles. The predicted octanol–water partition coefficient (Wildman–Crippen LogP) is 2.67. The lowest BCUT2D eigenvalue weighted by Gasteiger charge is -2.18. The number of thiazole rings is 1. The van der Waals surface area contributed by atoms with Crippen LogP contribution in [0, 0.1) is 0 Å². The van der Waals surface area contributed by atoms with E-state index in [1.54, 1.807) is 41.4 Å². The van der Waals surface area contributed by atoms with Gasteiger partial charge in [-0.2, -0.15) is 18.2 Å². The van der Waals surface area contributed by atoms with E-state index in [0.29, 0.717) is 10.2 Å². The average molecular weight is 458 g/mol. The number of nitrogens with one attached hydrogen (secondary N) is 1. The number of hydrogen-bond acceptors (Lipinski definition) is 9. The number of hydrogen-bond donors (Lipinski definition) is 2. The summed E-state index contributed by atoms with van der Waals surface area (Å²) in [6, 6.07) is 7.86. The van der Waals surface area contributed by atoms with E-state index in [0.717, 1.165) is 9.55 Å². The van der Waals surface area contributed by atoms with Crippen molar-refractivity contribution in [1.29, 1.82) is 0 Å². The monoisotopic (exact) mass is 457 g/mol. The number of para-hydroxylation sites is 1. The Hall–Kier alpha value is -3.35. The lowest BCUT2D eigenvalue weighted by Crippen LogP contribution is -2.31. The quantitative estimate of drug-likeness (QED) is 0.456. The van der Waals surface area contributed by atoms with Crippen LogP contribution in [0.25, 0.3) is 10.2 Å². The van der Waals surface area contributed by atoms with Crippen molar-refractivity contribution in [3.63, 3.8) is 0 Å². The molecule has 0 atom stereocenters. The number of benzene rings is 1. The van der Waals surface area contributed by atoms with E-state index in [1.165, 1.54) is 35.0 Å². The van der Waals surface area contributed by atoms with Gasteiger partial charge in [0.1, 0.15) is 10.5 Å². The third kappa shape index (κ3) is 2.93. The van der Waals surface area contributed by atoms with Gasteiger partial charge in [0.25, 0.3) is 15.6 Å². The van der Waals surface area contributed by atoms with Crippen molar-refractivity contribution in [1.82, 2.24) is 9.66 Å². The molecule has 3 aromatic heterocycles. The smallest absolute Gasteiger partial charge is 0.286 e. The predicted molar refractivity (Wildman–Crippen MR) is 117 cm³/mol. The Balaban J connectivity index is 1.75. The highest BCUT2D eigenvalue weighted by Crippen LogP contribution is 2.34. The zero-order valence-electron chi connectivity index (χ0n) is 14.9. The molecule has 150 valence electrons. The highest BCUT2D eigenvalue weighted by molar-refractivity contribution is 7.90. The summed E-state index contributed by atoms with van der Waals surface area (Å²) in [5.41, 5.74) is 1.32. The third-order valence-electron chi connectivity index (χ3n) is 4.35. The molecule has 0 saturated heterocycles. The second-order valence-electron chi connectivity index (χ2n) is 6.16. The van der Waals surface area contributed by atoms with E-state index >= 15 is 0 Å². The molecule has 0 unspecified atom stereocenters. The third-order valence-corrected chi connectivity index (χ3v) is 7.30. The number of thiophene rings is 1. The first-order chi connectivity index (χ1) is 14.5. The molecule has 0 bridgehead atoms. The van der Waals surface area contributed by atoms with Gasteiger partial charge < -0.3 is 10.4 Å². The summed E-state index contributed by atoms with van der Waals surface area (Å²) >= 11 is 2.54. The van der Waals surface area contributed by atoms with Gasteiger partial charge in [-0.05, 0) is 23.6 Å². The number of pyridine rings is 1. The fourth-order valence-corrected chi connectivity index (χ4v) is 5.45. The maximum absolute atomic E-state index is 13.2. The van der Waals surface area contributed by atoms with Gasteiger partial charge in [0.2, 0.25) is 0 Å². The minimum Gasteiger partial charge on any atom is -0.505 e. The summed E-state index contributed by atoms with van der Waals surface area (Å²) in [5.74, 6) is -0.608. The molecule has 1 aromatic carbocycles. The summed E-state index contributed by atoms with van der Waals surface area (Å²) in [5, 5.41) is 19.6. The lowest BCUT2D eigenvalue weighted by atomic mass is 10.2. The average Bonchev–Trinajstić information content (AvgIpc) is 3.40. The summed E-state index contributed by atoms with van der Waals surface area (Å²) in [4.78, 5) is 17.9. The van der Waals surface area contributed by atoms with Crippen LogP contribution in [-0.2, 0) is 10.0 Å². The lowest BCUT2D eigenvalue weighted by molar-refractivity contribution is 0.479. The molecule has 0 fully saturated rings. The number of rotatable bonds is 3. The van der Waals surface area contributed by atoms with Gasteiger partial charge >= 0.3 is 0 Å². The number of sulfonamides is 1. The van der Waals surface area contributed by atoms with Gasteiger partial charge in [0.05, 0.1) is 32.5 Å². The topological polar surface area (TPSA) is 126 Å². The zero-order valence-corrected chi connectivity index (χ0v) is 17.3. The minimum absolute atomic E-state index is 0.00557. The van der Waals surface area contributed by atoms with Crippen LogP contribution in [0.2, 0.25) is 0 Å². The standard InChI is InChI=1S/C18H11N5O4S3/c24-15-14(17-21-11-3-1-2-4-13(11)30(26,27)22-17)18(25)23(12-5-6-28-16(12)15)20-8-10-7-19-9-29-10/h1-9,24H,(H,21,22). The Bertz CT molecular complexity index is 1520. The summed E-state index contributed by atoms with van der Waals surface area (Å²) in [6.45, 7) is 0. The molecular formula is C18H11N5O4S3. The van der Waals surface area contributed by atoms with Gasteiger partial charge in [-0.15, -0.1) is 27.1 Å². The summed E-state index contributed by atoms with van der Waals surface area (Å²) in [7, 11) is -4.05. The fourth-order valence-electron chi connectivity index (χ4n) is 3.03. The van der Waals surface area contributed by atoms with Gasteiger partial charge in [-0.3, -0.25) is 9.78 Å². The van der Waals surface area contributed by atoms with Gasteiger partial charge in [0.15, 0.2) is 11.6 Å². The number of aromatic hydroxyl groups is 1. The van der Waals surface area contributed by atoms with Crippen LogP contribution in [0.4, 0.5) is 5.69 Å². The van der Waals surface area contributed by atoms with Crippen molar-refractivity contribution in [3.8, 4) is 5.75 Å². The Morgan fingerprint density at radius 3 is 2.83 bits per heavy atom. The largest absolute Gasteiger partial charge is 0.505 e. The number of aromatic nitrogens is 2. The number of anilines is 1. The van der Waals surface area contributed by atoms with Crippen molar-refractivity contribution < 1.29 is 13.5 Å². The Morgan fingerprint density at radius 2 is 2.03 bits per heavy atom. The number of nitrogens with zero attached hydrogens (tertiary/aromatic N) is 4. The minimum atomic E-state index is -4.05.